The summed E-state index contributed by atoms with van der Waals surface area (Å²) in [7, 11) is -1.53. The quantitative estimate of drug-likeness (QED) is 0.643. The summed E-state index contributed by atoms with van der Waals surface area (Å²) in [6.07, 6.45) is 1.99. The van der Waals surface area contributed by atoms with Gasteiger partial charge in [-0.1, -0.05) is 0 Å². The third-order valence-corrected chi connectivity index (χ3v) is 5.60. The minimum Gasteiger partial charge on any atom is -0.383 e. The Balaban J connectivity index is 1.84. The number of nitrogens with zero attached hydrogens (tertiary/aromatic N) is 2. The van der Waals surface area contributed by atoms with Gasteiger partial charge >= 0.3 is 0 Å². The molecule has 1 saturated heterocycles. The first kappa shape index (κ1) is 15.2. The second-order valence-corrected chi connectivity index (χ2v) is 7.28. The third-order valence-electron chi connectivity index (χ3n) is 3.70. The molecule has 112 valence electrons. The van der Waals surface area contributed by atoms with E-state index in [1.807, 2.05) is 0 Å². The van der Waals surface area contributed by atoms with Crippen molar-refractivity contribution >= 4 is 10.0 Å². The summed E-state index contributed by atoms with van der Waals surface area (Å²) in [5.74, 6) is 0.229. The topological polar surface area (TPSA) is 61.9 Å². The first-order valence-electron chi connectivity index (χ1n) is 7.05. The van der Waals surface area contributed by atoms with Gasteiger partial charge in [-0.15, -0.1) is 0 Å². The van der Waals surface area contributed by atoms with Gasteiger partial charge in [-0.3, -0.25) is 4.90 Å². The number of hydrogen-bond donors (Lipinski definition) is 1. The molecule has 0 bridgehead atoms. The molecule has 1 heterocycles. The van der Waals surface area contributed by atoms with Crippen LogP contribution in [0.15, 0.2) is 0 Å². The zero-order valence-corrected chi connectivity index (χ0v) is 12.5. The highest BCUT2D eigenvalue weighted by Crippen LogP contribution is 2.29. The van der Waals surface area contributed by atoms with Gasteiger partial charge in [0.2, 0.25) is 10.0 Å². The molecular formula is C12H25N3O3S. The van der Waals surface area contributed by atoms with E-state index >= 15 is 0 Å². The van der Waals surface area contributed by atoms with Crippen molar-refractivity contribution in [3.63, 3.8) is 0 Å². The molecule has 7 heteroatoms. The number of rotatable bonds is 8. The molecule has 0 radical (unpaired) electrons. The minimum atomic E-state index is -3.14. The van der Waals surface area contributed by atoms with Crippen LogP contribution >= 0.6 is 0 Å². The minimum absolute atomic E-state index is 0.225. The van der Waals surface area contributed by atoms with Crippen LogP contribution in [0.5, 0.6) is 0 Å². The molecule has 2 aliphatic rings. The van der Waals surface area contributed by atoms with Gasteiger partial charge in [0.1, 0.15) is 0 Å². The number of piperazine rings is 1. The maximum atomic E-state index is 12.4. The SMILES string of the molecule is COCCN(C1CC1)S(=O)(=O)CCN1CCNCC1. The van der Waals surface area contributed by atoms with Gasteiger partial charge in [-0.2, -0.15) is 4.31 Å². The normalized spacial score (nSPS) is 22.0. The summed E-state index contributed by atoms with van der Waals surface area (Å²) in [4.78, 5) is 2.22. The van der Waals surface area contributed by atoms with Gasteiger partial charge in [0, 0.05) is 52.4 Å². The first-order chi connectivity index (χ1) is 9.13. The first-order valence-corrected chi connectivity index (χ1v) is 8.66. The molecule has 2 fully saturated rings. The maximum Gasteiger partial charge on any atom is 0.215 e. The van der Waals surface area contributed by atoms with Crippen LogP contribution in [0, 0.1) is 0 Å². The number of nitrogens with one attached hydrogen (secondary N) is 1. The maximum absolute atomic E-state index is 12.4. The van der Waals surface area contributed by atoms with Crippen molar-refractivity contribution in [2.24, 2.45) is 0 Å². The molecule has 0 aromatic rings. The van der Waals surface area contributed by atoms with Crippen molar-refractivity contribution in [1.29, 1.82) is 0 Å². The fourth-order valence-corrected chi connectivity index (χ4v) is 4.13. The van der Waals surface area contributed by atoms with Crippen molar-refractivity contribution in [3.05, 3.63) is 0 Å². The second kappa shape index (κ2) is 6.99. The lowest BCUT2D eigenvalue weighted by atomic mass is 10.4. The molecule has 6 nitrogen and oxygen atoms in total. The van der Waals surface area contributed by atoms with Crippen LogP contribution in [0.25, 0.3) is 0 Å². The summed E-state index contributed by atoms with van der Waals surface area (Å²) < 4.78 is 31.4. The molecule has 2 rings (SSSR count). The van der Waals surface area contributed by atoms with E-state index < -0.39 is 10.0 Å². The van der Waals surface area contributed by atoms with Gasteiger partial charge in [-0.05, 0) is 12.8 Å². The predicted molar refractivity (Wildman–Crippen MR) is 74.7 cm³/mol. The highest BCUT2D eigenvalue weighted by Gasteiger charge is 2.36. The zero-order valence-electron chi connectivity index (χ0n) is 11.7. The van der Waals surface area contributed by atoms with Gasteiger partial charge in [0.15, 0.2) is 0 Å². The number of methoxy groups -OCH3 is 1. The van der Waals surface area contributed by atoms with Crippen molar-refractivity contribution in [1.82, 2.24) is 14.5 Å². The summed E-state index contributed by atoms with van der Waals surface area (Å²) in [6, 6.07) is 0.225. The van der Waals surface area contributed by atoms with E-state index in [0.717, 1.165) is 39.0 Å². The predicted octanol–water partition coefficient (Wildman–Crippen LogP) is -0.668. The monoisotopic (exact) mass is 291 g/mol. The second-order valence-electron chi connectivity index (χ2n) is 5.24. The number of sulfonamides is 1. The summed E-state index contributed by atoms with van der Waals surface area (Å²) in [6.45, 7) is 5.40. The van der Waals surface area contributed by atoms with E-state index in [4.69, 9.17) is 4.74 Å². The smallest absolute Gasteiger partial charge is 0.215 e. The Morgan fingerprint density at radius 2 is 2.00 bits per heavy atom. The fourth-order valence-electron chi connectivity index (χ4n) is 2.39. The molecule has 0 spiro atoms. The summed E-state index contributed by atoms with van der Waals surface area (Å²) >= 11 is 0. The average molecular weight is 291 g/mol. The molecule has 0 amide bonds. The van der Waals surface area contributed by atoms with Gasteiger partial charge < -0.3 is 10.1 Å². The highest BCUT2D eigenvalue weighted by atomic mass is 32.2. The van der Waals surface area contributed by atoms with Crippen molar-refractivity contribution in [2.45, 2.75) is 18.9 Å². The average Bonchev–Trinajstić information content (AvgIpc) is 3.23. The van der Waals surface area contributed by atoms with E-state index in [0.29, 0.717) is 19.7 Å². The Morgan fingerprint density at radius 1 is 1.32 bits per heavy atom. The van der Waals surface area contributed by atoms with Crippen LogP contribution in [0.2, 0.25) is 0 Å². The van der Waals surface area contributed by atoms with E-state index in [2.05, 4.69) is 10.2 Å². The molecule has 0 atom stereocenters. The Kier molecular flexibility index (Phi) is 5.58. The molecule has 0 aromatic heterocycles. The van der Waals surface area contributed by atoms with Crippen LogP contribution < -0.4 is 5.32 Å². The summed E-state index contributed by atoms with van der Waals surface area (Å²) in [5, 5.41) is 3.27. The molecule has 0 aromatic carbocycles. The molecule has 19 heavy (non-hydrogen) atoms. The standard InChI is InChI=1S/C12H25N3O3S/c1-18-10-8-15(12-2-3-12)19(16,17)11-9-14-6-4-13-5-7-14/h12-13H,2-11H2,1H3. The van der Waals surface area contributed by atoms with Gasteiger partial charge in [-0.25, -0.2) is 8.42 Å². The molecular weight excluding hydrogens is 266 g/mol. The largest absolute Gasteiger partial charge is 0.383 e. The van der Waals surface area contributed by atoms with Crippen LogP contribution in [-0.4, -0.2) is 82.4 Å². The Labute approximate surface area is 116 Å². The fraction of sp³-hybridized carbons (Fsp3) is 1.00. The Hall–Kier alpha value is -0.210. The van der Waals surface area contributed by atoms with Crippen molar-refractivity contribution in [2.75, 3.05) is 58.7 Å². The lowest BCUT2D eigenvalue weighted by Gasteiger charge is -2.28. The van der Waals surface area contributed by atoms with Crippen molar-refractivity contribution in [3.8, 4) is 0 Å². The van der Waals surface area contributed by atoms with Crippen LogP contribution in [0.1, 0.15) is 12.8 Å². The third kappa shape index (κ3) is 4.68. The van der Waals surface area contributed by atoms with Crippen LogP contribution in [0.4, 0.5) is 0 Å². The molecule has 1 aliphatic carbocycles. The lowest BCUT2D eigenvalue weighted by Crippen LogP contribution is -2.47. The van der Waals surface area contributed by atoms with E-state index in [-0.39, 0.29) is 11.8 Å². The zero-order chi connectivity index (χ0) is 13.7. The number of hydrogen-bond acceptors (Lipinski definition) is 5. The van der Waals surface area contributed by atoms with E-state index in [9.17, 15) is 8.42 Å². The molecule has 1 N–H and O–H groups in total. The van der Waals surface area contributed by atoms with Gasteiger partial charge in [0.25, 0.3) is 0 Å². The van der Waals surface area contributed by atoms with E-state index in [1.165, 1.54) is 0 Å². The van der Waals surface area contributed by atoms with E-state index in [1.54, 1.807) is 11.4 Å². The van der Waals surface area contributed by atoms with Crippen molar-refractivity contribution < 1.29 is 13.2 Å². The molecule has 1 saturated carbocycles. The molecule has 0 unspecified atom stereocenters. The van der Waals surface area contributed by atoms with Gasteiger partial charge in [0.05, 0.1) is 12.4 Å². The molecule has 1 aliphatic heterocycles. The summed E-state index contributed by atoms with van der Waals surface area (Å²) in [5.41, 5.74) is 0. The lowest BCUT2D eigenvalue weighted by molar-refractivity contribution is 0.177. The van der Waals surface area contributed by atoms with Crippen LogP contribution in [-0.2, 0) is 14.8 Å². The highest BCUT2D eigenvalue weighted by molar-refractivity contribution is 7.89. The Bertz CT molecular complexity index is 364. The Morgan fingerprint density at radius 3 is 2.58 bits per heavy atom. The number of ether oxygens (including phenoxy) is 1. The van der Waals surface area contributed by atoms with Crippen LogP contribution in [0.3, 0.4) is 0 Å².